The molecule has 18 heavy (non-hydrogen) atoms. The summed E-state index contributed by atoms with van der Waals surface area (Å²) in [4.78, 5) is 2.07. The Morgan fingerprint density at radius 1 is 1.50 bits per heavy atom. The van der Waals surface area contributed by atoms with Gasteiger partial charge in [-0.2, -0.15) is 0 Å². The lowest BCUT2D eigenvalue weighted by Gasteiger charge is -2.29. The fraction of sp³-hybridized carbons (Fsp3) is 0.571. The van der Waals surface area contributed by atoms with E-state index in [4.69, 9.17) is 4.74 Å². The van der Waals surface area contributed by atoms with Crippen LogP contribution in [0.25, 0.3) is 0 Å². The van der Waals surface area contributed by atoms with Crippen molar-refractivity contribution in [1.29, 1.82) is 0 Å². The van der Waals surface area contributed by atoms with Gasteiger partial charge in [0.2, 0.25) is 0 Å². The van der Waals surface area contributed by atoms with Crippen LogP contribution in [0.3, 0.4) is 0 Å². The maximum atomic E-state index is 13.1. The molecule has 1 N–H and O–H groups in total. The Kier molecular flexibility index (Phi) is 4.55. The van der Waals surface area contributed by atoms with Crippen LogP contribution in [0.1, 0.15) is 18.4 Å². The van der Waals surface area contributed by atoms with E-state index in [0.29, 0.717) is 11.5 Å². The highest BCUT2D eigenvalue weighted by atomic mass is 19.1. The topological polar surface area (TPSA) is 32.7 Å². The highest BCUT2D eigenvalue weighted by Gasteiger charge is 2.17. The van der Waals surface area contributed by atoms with Gasteiger partial charge in [-0.15, -0.1) is 0 Å². The van der Waals surface area contributed by atoms with Crippen molar-refractivity contribution in [3.63, 3.8) is 0 Å². The number of aliphatic hydroxyl groups excluding tert-OH is 1. The number of nitrogens with zero attached hydrogens (tertiary/aromatic N) is 1. The Balaban J connectivity index is 2.05. The standard InChI is InChI=1S/C14H20FNO2/c1-16(8-11-3-2-6-18-10-11)14-5-4-13(15)7-12(14)9-17/h4-5,7,11,17H,2-3,6,8-10H2,1H3. The molecule has 2 rings (SSSR count). The molecule has 0 spiro atoms. The third-order valence-corrected chi connectivity index (χ3v) is 3.41. The molecule has 1 unspecified atom stereocenters. The van der Waals surface area contributed by atoms with E-state index < -0.39 is 0 Å². The number of aliphatic hydroxyl groups is 1. The first-order valence-electron chi connectivity index (χ1n) is 6.39. The van der Waals surface area contributed by atoms with Gasteiger partial charge in [0.15, 0.2) is 0 Å². The zero-order valence-electron chi connectivity index (χ0n) is 10.7. The van der Waals surface area contributed by atoms with Gasteiger partial charge in [0.05, 0.1) is 13.2 Å². The fourth-order valence-electron chi connectivity index (χ4n) is 2.49. The smallest absolute Gasteiger partial charge is 0.123 e. The summed E-state index contributed by atoms with van der Waals surface area (Å²) in [5.74, 6) is 0.206. The predicted molar refractivity (Wildman–Crippen MR) is 69.1 cm³/mol. The van der Waals surface area contributed by atoms with Crippen molar-refractivity contribution in [1.82, 2.24) is 0 Å². The molecule has 1 aliphatic rings. The van der Waals surface area contributed by atoms with Gasteiger partial charge in [0.25, 0.3) is 0 Å². The van der Waals surface area contributed by atoms with Crippen LogP contribution < -0.4 is 4.90 Å². The Morgan fingerprint density at radius 2 is 2.33 bits per heavy atom. The van der Waals surface area contributed by atoms with Gasteiger partial charge in [0, 0.05) is 31.5 Å². The minimum absolute atomic E-state index is 0.140. The molecule has 1 heterocycles. The van der Waals surface area contributed by atoms with E-state index >= 15 is 0 Å². The van der Waals surface area contributed by atoms with Crippen LogP contribution in [0.2, 0.25) is 0 Å². The molecule has 0 amide bonds. The van der Waals surface area contributed by atoms with Crippen LogP contribution in [0.15, 0.2) is 18.2 Å². The first-order chi connectivity index (χ1) is 8.70. The third kappa shape index (κ3) is 3.21. The fourth-order valence-corrected chi connectivity index (χ4v) is 2.49. The molecular formula is C14H20FNO2. The van der Waals surface area contributed by atoms with E-state index in [2.05, 4.69) is 4.90 Å². The average molecular weight is 253 g/mol. The molecule has 1 aromatic carbocycles. The number of hydrogen-bond donors (Lipinski definition) is 1. The highest BCUT2D eigenvalue weighted by Crippen LogP contribution is 2.23. The minimum atomic E-state index is -0.308. The van der Waals surface area contributed by atoms with E-state index in [0.717, 1.165) is 31.9 Å². The Hall–Kier alpha value is -1.13. The summed E-state index contributed by atoms with van der Waals surface area (Å²) >= 11 is 0. The van der Waals surface area contributed by atoms with Crippen LogP contribution >= 0.6 is 0 Å². The molecule has 0 bridgehead atoms. The lowest BCUT2D eigenvalue weighted by Crippen LogP contribution is -2.31. The maximum absolute atomic E-state index is 13.1. The monoisotopic (exact) mass is 253 g/mol. The zero-order chi connectivity index (χ0) is 13.0. The van der Waals surface area contributed by atoms with Crippen LogP contribution in [-0.2, 0) is 11.3 Å². The number of rotatable bonds is 4. The molecule has 0 aliphatic carbocycles. The summed E-state index contributed by atoms with van der Waals surface area (Å²) in [6, 6.07) is 4.55. The van der Waals surface area contributed by atoms with Crippen LogP contribution in [0.4, 0.5) is 10.1 Å². The summed E-state index contributed by atoms with van der Waals surface area (Å²) in [6.45, 7) is 2.38. The molecule has 1 aromatic rings. The second kappa shape index (κ2) is 6.16. The first-order valence-corrected chi connectivity index (χ1v) is 6.39. The summed E-state index contributed by atoms with van der Waals surface area (Å²) < 4.78 is 18.6. The molecule has 1 atom stereocenters. The molecular weight excluding hydrogens is 233 g/mol. The number of anilines is 1. The van der Waals surface area contributed by atoms with Crippen LogP contribution in [0.5, 0.6) is 0 Å². The first kappa shape index (κ1) is 13.3. The lowest BCUT2D eigenvalue weighted by molar-refractivity contribution is 0.0576. The molecule has 0 aromatic heterocycles. The number of benzene rings is 1. The van der Waals surface area contributed by atoms with Crippen molar-refractivity contribution in [3.05, 3.63) is 29.6 Å². The van der Waals surface area contributed by atoms with Crippen molar-refractivity contribution in [2.75, 3.05) is 31.7 Å². The predicted octanol–water partition coefficient (Wildman–Crippen LogP) is 2.18. The molecule has 1 aliphatic heterocycles. The van der Waals surface area contributed by atoms with Crippen LogP contribution in [-0.4, -0.2) is 31.9 Å². The van der Waals surface area contributed by atoms with Crippen LogP contribution in [0, 0.1) is 11.7 Å². The summed E-state index contributed by atoms with van der Waals surface area (Å²) in [7, 11) is 1.97. The molecule has 1 saturated heterocycles. The Bertz CT molecular complexity index is 391. The van der Waals surface area contributed by atoms with Gasteiger partial charge in [-0.25, -0.2) is 4.39 Å². The van der Waals surface area contributed by atoms with Gasteiger partial charge < -0.3 is 14.7 Å². The summed E-state index contributed by atoms with van der Waals surface area (Å²) in [5, 5.41) is 9.28. The van der Waals surface area contributed by atoms with E-state index in [1.807, 2.05) is 7.05 Å². The molecule has 4 heteroatoms. The number of halogens is 1. The van der Waals surface area contributed by atoms with E-state index in [1.165, 1.54) is 18.6 Å². The molecule has 0 radical (unpaired) electrons. The maximum Gasteiger partial charge on any atom is 0.123 e. The second-order valence-electron chi connectivity index (χ2n) is 4.89. The zero-order valence-corrected chi connectivity index (χ0v) is 10.7. The Morgan fingerprint density at radius 3 is 3.00 bits per heavy atom. The third-order valence-electron chi connectivity index (χ3n) is 3.41. The van der Waals surface area contributed by atoms with E-state index in [9.17, 15) is 9.50 Å². The lowest BCUT2D eigenvalue weighted by atomic mass is 10.0. The van der Waals surface area contributed by atoms with Gasteiger partial charge in [-0.3, -0.25) is 0 Å². The van der Waals surface area contributed by atoms with Crippen molar-refractivity contribution in [2.24, 2.45) is 5.92 Å². The average Bonchev–Trinajstić information content (AvgIpc) is 2.39. The largest absolute Gasteiger partial charge is 0.392 e. The van der Waals surface area contributed by atoms with Gasteiger partial charge in [-0.05, 0) is 37.0 Å². The second-order valence-corrected chi connectivity index (χ2v) is 4.89. The van der Waals surface area contributed by atoms with Gasteiger partial charge in [-0.1, -0.05) is 0 Å². The van der Waals surface area contributed by atoms with Crippen molar-refractivity contribution >= 4 is 5.69 Å². The van der Waals surface area contributed by atoms with E-state index in [-0.39, 0.29) is 12.4 Å². The molecule has 3 nitrogen and oxygen atoms in total. The molecule has 100 valence electrons. The summed E-state index contributed by atoms with van der Waals surface area (Å²) in [6.07, 6.45) is 2.27. The number of hydrogen-bond acceptors (Lipinski definition) is 3. The minimum Gasteiger partial charge on any atom is -0.392 e. The van der Waals surface area contributed by atoms with Gasteiger partial charge in [0.1, 0.15) is 5.82 Å². The normalized spacial score (nSPS) is 19.8. The van der Waals surface area contributed by atoms with E-state index in [1.54, 1.807) is 6.07 Å². The van der Waals surface area contributed by atoms with Crippen molar-refractivity contribution < 1.29 is 14.2 Å². The Labute approximate surface area is 107 Å². The SMILES string of the molecule is CN(CC1CCCOC1)c1ccc(F)cc1CO. The van der Waals surface area contributed by atoms with Crippen molar-refractivity contribution in [2.45, 2.75) is 19.4 Å². The van der Waals surface area contributed by atoms with Gasteiger partial charge >= 0.3 is 0 Å². The molecule has 1 fully saturated rings. The summed E-state index contributed by atoms with van der Waals surface area (Å²) in [5.41, 5.74) is 1.53. The quantitative estimate of drug-likeness (QED) is 0.892. The number of ether oxygens (including phenoxy) is 1. The highest BCUT2D eigenvalue weighted by molar-refractivity contribution is 5.53. The van der Waals surface area contributed by atoms with Crippen molar-refractivity contribution in [3.8, 4) is 0 Å². The molecule has 0 saturated carbocycles.